The van der Waals surface area contributed by atoms with Gasteiger partial charge < -0.3 is 9.64 Å². The first-order valence-electron chi connectivity index (χ1n) is 7.51. The molecule has 1 aliphatic heterocycles. The van der Waals surface area contributed by atoms with Crippen LogP contribution in [-0.4, -0.2) is 63.3 Å². The molecule has 1 fully saturated rings. The summed E-state index contributed by atoms with van der Waals surface area (Å²) < 4.78 is 5.29. The Morgan fingerprint density at radius 3 is 2.17 bits per heavy atom. The standard InChI is InChI=1S/C10H21NO.C5H13N/c1-10(2)4-3-5-11-6-8-12-9-7-11;1-4-5-6(2)3/h10H,3-9H2,1-2H3;4-5H2,1-3H3. The van der Waals surface area contributed by atoms with Crippen LogP contribution in [0.25, 0.3) is 0 Å². The lowest BCUT2D eigenvalue weighted by Crippen LogP contribution is -2.36. The van der Waals surface area contributed by atoms with Gasteiger partial charge in [0.15, 0.2) is 0 Å². The highest BCUT2D eigenvalue weighted by Gasteiger charge is 2.09. The van der Waals surface area contributed by atoms with E-state index in [1.54, 1.807) is 0 Å². The summed E-state index contributed by atoms with van der Waals surface area (Å²) in [5.74, 6) is 0.853. The van der Waals surface area contributed by atoms with E-state index in [0.29, 0.717) is 0 Å². The van der Waals surface area contributed by atoms with Crippen molar-refractivity contribution in [3.05, 3.63) is 0 Å². The van der Waals surface area contributed by atoms with E-state index < -0.39 is 0 Å². The Bertz CT molecular complexity index is 166. The second-order valence-corrected chi connectivity index (χ2v) is 5.79. The Labute approximate surface area is 114 Å². The van der Waals surface area contributed by atoms with Gasteiger partial charge in [0.1, 0.15) is 0 Å². The highest BCUT2D eigenvalue weighted by Crippen LogP contribution is 2.05. The molecule has 0 aromatic heterocycles. The lowest BCUT2D eigenvalue weighted by atomic mass is 10.1. The third-order valence-electron chi connectivity index (χ3n) is 3.03. The van der Waals surface area contributed by atoms with E-state index in [9.17, 15) is 0 Å². The minimum Gasteiger partial charge on any atom is -0.379 e. The fraction of sp³-hybridized carbons (Fsp3) is 1.00. The van der Waals surface area contributed by atoms with Crippen molar-refractivity contribution in [3.8, 4) is 0 Å². The topological polar surface area (TPSA) is 15.7 Å². The summed E-state index contributed by atoms with van der Waals surface area (Å²) in [5.41, 5.74) is 0. The summed E-state index contributed by atoms with van der Waals surface area (Å²) in [6.45, 7) is 13.4. The van der Waals surface area contributed by atoms with Gasteiger partial charge in [-0.2, -0.15) is 0 Å². The summed E-state index contributed by atoms with van der Waals surface area (Å²) in [6.07, 6.45) is 3.96. The van der Waals surface area contributed by atoms with Crippen molar-refractivity contribution in [2.24, 2.45) is 5.92 Å². The quantitative estimate of drug-likeness (QED) is 0.728. The fourth-order valence-corrected chi connectivity index (χ4v) is 2.00. The van der Waals surface area contributed by atoms with Gasteiger partial charge in [-0.1, -0.05) is 20.8 Å². The van der Waals surface area contributed by atoms with Crippen molar-refractivity contribution in [2.75, 3.05) is 53.5 Å². The molecule has 0 aromatic carbocycles. The van der Waals surface area contributed by atoms with E-state index in [-0.39, 0.29) is 0 Å². The molecule has 1 heterocycles. The molecule has 0 atom stereocenters. The van der Waals surface area contributed by atoms with E-state index >= 15 is 0 Å². The molecule has 3 heteroatoms. The third kappa shape index (κ3) is 12.3. The molecule has 110 valence electrons. The number of rotatable bonds is 6. The van der Waals surface area contributed by atoms with Gasteiger partial charge in [0.05, 0.1) is 13.2 Å². The number of morpholine rings is 1. The molecule has 0 radical (unpaired) electrons. The maximum Gasteiger partial charge on any atom is 0.0594 e. The van der Waals surface area contributed by atoms with Crippen LogP contribution in [-0.2, 0) is 4.74 Å². The molecule has 0 saturated carbocycles. The van der Waals surface area contributed by atoms with Gasteiger partial charge in [-0.15, -0.1) is 0 Å². The lowest BCUT2D eigenvalue weighted by molar-refractivity contribution is 0.0368. The molecule has 0 aliphatic carbocycles. The molecule has 0 spiro atoms. The summed E-state index contributed by atoms with van der Waals surface area (Å²) in [7, 11) is 4.17. The number of hydrogen-bond donors (Lipinski definition) is 0. The molecule has 0 N–H and O–H groups in total. The Kier molecular flexibility index (Phi) is 11.9. The van der Waals surface area contributed by atoms with Crippen LogP contribution in [0.5, 0.6) is 0 Å². The van der Waals surface area contributed by atoms with Crippen molar-refractivity contribution in [1.82, 2.24) is 9.80 Å². The molecule has 18 heavy (non-hydrogen) atoms. The molecule has 0 aromatic rings. The van der Waals surface area contributed by atoms with Gasteiger partial charge in [0.25, 0.3) is 0 Å². The molecule has 0 amide bonds. The predicted molar refractivity (Wildman–Crippen MR) is 80.2 cm³/mol. The zero-order valence-corrected chi connectivity index (χ0v) is 13.2. The van der Waals surface area contributed by atoms with E-state index in [1.807, 2.05) is 0 Å². The van der Waals surface area contributed by atoms with Crippen molar-refractivity contribution in [2.45, 2.75) is 40.0 Å². The predicted octanol–water partition coefficient (Wildman–Crippen LogP) is 2.71. The van der Waals surface area contributed by atoms with Crippen LogP contribution < -0.4 is 0 Å². The summed E-state index contributed by atoms with van der Waals surface area (Å²) >= 11 is 0. The first-order valence-corrected chi connectivity index (χ1v) is 7.51. The van der Waals surface area contributed by atoms with Gasteiger partial charge in [0, 0.05) is 13.1 Å². The Morgan fingerprint density at radius 1 is 1.17 bits per heavy atom. The molecule has 0 unspecified atom stereocenters. The molecule has 0 bridgehead atoms. The second kappa shape index (κ2) is 11.9. The molecule has 1 aliphatic rings. The van der Waals surface area contributed by atoms with Crippen LogP contribution in [0.3, 0.4) is 0 Å². The highest BCUT2D eigenvalue weighted by atomic mass is 16.5. The van der Waals surface area contributed by atoms with Crippen LogP contribution in [0.15, 0.2) is 0 Å². The minimum atomic E-state index is 0.853. The molecule has 3 nitrogen and oxygen atoms in total. The van der Waals surface area contributed by atoms with Gasteiger partial charge in [-0.3, -0.25) is 4.90 Å². The van der Waals surface area contributed by atoms with Crippen LogP contribution in [0.4, 0.5) is 0 Å². The van der Waals surface area contributed by atoms with Gasteiger partial charge in [-0.25, -0.2) is 0 Å². The summed E-state index contributed by atoms with van der Waals surface area (Å²) in [6, 6.07) is 0. The van der Waals surface area contributed by atoms with Crippen LogP contribution in [0, 0.1) is 5.92 Å². The maximum absolute atomic E-state index is 5.29. The average Bonchev–Trinajstić information content (AvgIpc) is 2.30. The number of hydrogen-bond acceptors (Lipinski definition) is 3. The van der Waals surface area contributed by atoms with Crippen LogP contribution in [0.1, 0.15) is 40.0 Å². The van der Waals surface area contributed by atoms with Gasteiger partial charge in [0.2, 0.25) is 0 Å². The number of ether oxygens (including phenoxy) is 1. The molecule has 1 rings (SSSR count). The first-order chi connectivity index (χ1) is 8.56. The molecular weight excluding hydrogens is 224 g/mol. The monoisotopic (exact) mass is 258 g/mol. The normalized spacial score (nSPS) is 16.8. The Morgan fingerprint density at radius 2 is 1.78 bits per heavy atom. The third-order valence-corrected chi connectivity index (χ3v) is 3.03. The van der Waals surface area contributed by atoms with Gasteiger partial charge in [-0.05, 0) is 52.4 Å². The summed E-state index contributed by atoms with van der Waals surface area (Å²) in [4.78, 5) is 4.69. The van der Waals surface area contributed by atoms with Crippen molar-refractivity contribution in [1.29, 1.82) is 0 Å². The van der Waals surface area contributed by atoms with Crippen molar-refractivity contribution < 1.29 is 4.74 Å². The zero-order chi connectivity index (χ0) is 13.8. The smallest absolute Gasteiger partial charge is 0.0594 e. The highest BCUT2D eigenvalue weighted by molar-refractivity contribution is 4.61. The van der Waals surface area contributed by atoms with E-state index in [4.69, 9.17) is 4.74 Å². The van der Waals surface area contributed by atoms with E-state index in [0.717, 1.165) is 32.2 Å². The molecule has 1 saturated heterocycles. The van der Waals surface area contributed by atoms with Gasteiger partial charge >= 0.3 is 0 Å². The van der Waals surface area contributed by atoms with E-state index in [2.05, 4.69) is 44.7 Å². The SMILES string of the molecule is CC(C)CCCN1CCOCC1.CCCN(C)C. The fourth-order valence-electron chi connectivity index (χ4n) is 2.00. The largest absolute Gasteiger partial charge is 0.379 e. The minimum absolute atomic E-state index is 0.853. The summed E-state index contributed by atoms with van der Waals surface area (Å²) in [5, 5.41) is 0. The number of nitrogens with zero attached hydrogens (tertiary/aromatic N) is 2. The lowest BCUT2D eigenvalue weighted by Gasteiger charge is -2.26. The van der Waals surface area contributed by atoms with Crippen LogP contribution in [0.2, 0.25) is 0 Å². The Balaban J connectivity index is 0.000000411. The first kappa shape index (κ1) is 17.9. The average molecular weight is 258 g/mol. The van der Waals surface area contributed by atoms with Crippen LogP contribution >= 0.6 is 0 Å². The second-order valence-electron chi connectivity index (χ2n) is 5.79. The van der Waals surface area contributed by atoms with Crippen molar-refractivity contribution >= 4 is 0 Å². The maximum atomic E-state index is 5.29. The molecular formula is C15H34N2O. The zero-order valence-electron chi connectivity index (χ0n) is 13.2. The Hall–Kier alpha value is -0.120. The van der Waals surface area contributed by atoms with E-state index in [1.165, 1.54) is 32.4 Å². The van der Waals surface area contributed by atoms with Crippen molar-refractivity contribution in [3.63, 3.8) is 0 Å².